The van der Waals surface area contributed by atoms with Crippen molar-refractivity contribution in [2.24, 2.45) is 5.92 Å². The van der Waals surface area contributed by atoms with Gasteiger partial charge in [0.2, 0.25) is 11.1 Å². The molecule has 2 atom stereocenters. The van der Waals surface area contributed by atoms with Crippen molar-refractivity contribution >= 4 is 23.5 Å². The number of hydrogen-bond donors (Lipinski definition) is 1. The molecule has 2 aromatic carbocycles. The summed E-state index contributed by atoms with van der Waals surface area (Å²) in [5, 5.41) is 8.33. The fourth-order valence-electron chi connectivity index (χ4n) is 4.02. The van der Waals surface area contributed by atoms with E-state index in [1.807, 2.05) is 36.4 Å². The Morgan fingerprint density at radius 1 is 1.13 bits per heavy atom. The highest BCUT2D eigenvalue weighted by Crippen LogP contribution is 2.42. The number of allylic oxidation sites excluding steroid dienone is 2. The first kappa shape index (κ1) is 19.0. The molecule has 1 N–H and O–H groups in total. The molecule has 0 saturated carbocycles. The molecule has 5 nitrogen and oxygen atoms in total. The third kappa shape index (κ3) is 3.52. The number of rotatable bonds is 4. The maximum Gasteiger partial charge on any atom is 0.227 e. The quantitative estimate of drug-likeness (QED) is 0.614. The SMILES string of the molecule is O=C1CCC=C2Nc3nc(SCc4ccccc4)nn3[C@@H](c3cc(F)cc(F)c3)[C@H]12. The van der Waals surface area contributed by atoms with Gasteiger partial charge < -0.3 is 5.32 Å². The van der Waals surface area contributed by atoms with E-state index in [0.29, 0.717) is 35.3 Å². The zero-order valence-electron chi connectivity index (χ0n) is 15.9. The van der Waals surface area contributed by atoms with Crippen LogP contribution in [0.5, 0.6) is 0 Å². The first-order chi connectivity index (χ1) is 14.6. The molecule has 2 aliphatic rings. The van der Waals surface area contributed by atoms with Crippen molar-refractivity contribution in [2.75, 3.05) is 5.32 Å². The summed E-state index contributed by atoms with van der Waals surface area (Å²) in [6, 6.07) is 12.7. The second kappa shape index (κ2) is 7.68. The number of ketones is 1. The van der Waals surface area contributed by atoms with Crippen molar-refractivity contribution in [1.29, 1.82) is 0 Å². The molecule has 30 heavy (non-hydrogen) atoms. The smallest absolute Gasteiger partial charge is 0.227 e. The Labute approximate surface area is 176 Å². The van der Waals surface area contributed by atoms with Crippen LogP contribution in [0.3, 0.4) is 0 Å². The zero-order chi connectivity index (χ0) is 20.7. The number of nitrogens with zero attached hydrogens (tertiary/aromatic N) is 3. The predicted octanol–water partition coefficient (Wildman–Crippen LogP) is 4.73. The van der Waals surface area contributed by atoms with E-state index < -0.39 is 23.6 Å². The minimum atomic E-state index is -0.683. The summed E-state index contributed by atoms with van der Waals surface area (Å²) >= 11 is 1.47. The first-order valence-corrected chi connectivity index (χ1v) is 10.7. The van der Waals surface area contributed by atoms with Crippen molar-refractivity contribution in [2.45, 2.75) is 29.8 Å². The number of aromatic nitrogens is 3. The minimum Gasteiger partial charge on any atom is -0.328 e. The molecule has 1 aliphatic carbocycles. The number of fused-ring (bicyclic) bond motifs is 2. The molecular formula is C22H18F2N4OS. The van der Waals surface area contributed by atoms with Crippen LogP contribution in [0.2, 0.25) is 0 Å². The van der Waals surface area contributed by atoms with Gasteiger partial charge in [-0.2, -0.15) is 4.98 Å². The van der Waals surface area contributed by atoms with Gasteiger partial charge in [-0.3, -0.25) is 4.79 Å². The maximum atomic E-state index is 14.0. The van der Waals surface area contributed by atoms with Crippen LogP contribution in [0.25, 0.3) is 0 Å². The number of Topliss-reactive ketones (excluding diaryl/α,β-unsaturated/α-hetero) is 1. The molecule has 0 unspecified atom stereocenters. The molecule has 0 fully saturated rings. The molecule has 2 heterocycles. The number of anilines is 1. The number of benzene rings is 2. The van der Waals surface area contributed by atoms with Crippen LogP contribution in [0.15, 0.2) is 65.5 Å². The van der Waals surface area contributed by atoms with E-state index in [1.54, 1.807) is 4.68 Å². The molecule has 0 radical (unpaired) electrons. The molecule has 152 valence electrons. The summed E-state index contributed by atoms with van der Waals surface area (Å²) in [6.45, 7) is 0. The average molecular weight is 424 g/mol. The van der Waals surface area contributed by atoms with Crippen LogP contribution >= 0.6 is 11.8 Å². The number of carbonyl (C=O) groups excluding carboxylic acids is 1. The largest absolute Gasteiger partial charge is 0.328 e. The molecule has 0 amide bonds. The topological polar surface area (TPSA) is 59.8 Å². The average Bonchev–Trinajstić information content (AvgIpc) is 3.13. The summed E-state index contributed by atoms with van der Waals surface area (Å²) in [5.41, 5.74) is 2.23. The summed E-state index contributed by atoms with van der Waals surface area (Å²) < 4.78 is 29.6. The van der Waals surface area contributed by atoms with E-state index in [0.717, 1.165) is 17.3 Å². The Hall–Kier alpha value is -3.00. The van der Waals surface area contributed by atoms with E-state index in [1.165, 1.54) is 23.9 Å². The van der Waals surface area contributed by atoms with E-state index in [4.69, 9.17) is 0 Å². The fraction of sp³-hybridized carbons (Fsp3) is 0.227. The lowest BCUT2D eigenvalue weighted by atomic mass is 9.81. The van der Waals surface area contributed by atoms with Gasteiger partial charge in [-0.25, -0.2) is 13.5 Å². The Morgan fingerprint density at radius 2 is 1.90 bits per heavy atom. The molecule has 8 heteroatoms. The molecule has 1 aromatic heterocycles. The molecule has 0 saturated heterocycles. The van der Waals surface area contributed by atoms with Crippen molar-refractivity contribution in [3.8, 4) is 0 Å². The van der Waals surface area contributed by atoms with Gasteiger partial charge in [-0.1, -0.05) is 48.2 Å². The fourth-order valence-corrected chi connectivity index (χ4v) is 4.80. The number of thioether (sulfide) groups is 1. The molecular weight excluding hydrogens is 406 g/mol. The van der Waals surface area contributed by atoms with Gasteiger partial charge in [0.05, 0.1) is 12.0 Å². The molecule has 0 bridgehead atoms. The van der Waals surface area contributed by atoms with Crippen LogP contribution < -0.4 is 5.32 Å². The predicted molar refractivity (Wildman–Crippen MR) is 110 cm³/mol. The van der Waals surface area contributed by atoms with Crippen LogP contribution in [0.4, 0.5) is 14.7 Å². The first-order valence-electron chi connectivity index (χ1n) is 9.67. The highest BCUT2D eigenvalue weighted by Gasteiger charge is 2.42. The van der Waals surface area contributed by atoms with Crippen LogP contribution in [0.1, 0.15) is 30.0 Å². The third-order valence-corrected chi connectivity index (χ3v) is 6.23. The number of halogens is 2. The summed E-state index contributed by atoms with van der Waals surface area (Å²) in [6.07, 6.45) is 2.99. The van der Waals surface area contributed by atoms with Gasteiger partial charge in [0.15, 0.2) is 0 Å². The van der Waals surface area contributed by atoms with Gasteiger partial charge >= 0.3 is 0 Å². The monoisotopic (exact) mass is 424 g/mol. The Morgan fingerprint density at radius 3 is 2.67 bits per heavy atom. The summed E-state index contributed by atoms with van der Waals surface area (Å²) in [5.74, 6) is -0.752. The van der Waals surface area contributed by atoms with Gasteiger partial charge in [0.1, 0.15) is 17.4 Å². The van der Waals surface area contributed by atoms with Crippen molar-refractivity contribution in [1.82, 2.24) is 14.8 Å². The lowest BCUT2D eigenvalue weighted by molar-refractivity contribution is -0.123. The zero-order valence-corrected chi connectivity index (χ0v) is 16.7. The van der Waals surface area contributed by atoms with Crippen molar-refractivity contribution < 1.29 is 13.6 Å². The van der Waals surface area contributed by atoms with Crippen LogP contribution in [-0.2, 0) is 10.5 Å². The van der Waals surface area contributed by atoms with Gasteiger partial charge in [-0.05, 0) is 29.7 Å². The van der Waals surface area contributed by atoms with Crippen LogP contribution in [0, 0.1) is 17.6 Å². The Balaban J connectivity index is 1.55. The molecule has 0 spiro atoms. The van der Waals surface area contributed by atoms with Crippen molar-refractivity contribution in [3.05, 3.63) is 83.1 Å². The van der Waals surface area contributed by atoms with E-state index >= 15 is 0 Å². The van der Waals surface area contributed by atoms with Gasteiger partial charge in [0.25, 0.3) is 0 Å². The highest BCUT2D eigenvalue weighted by molar-refractivity contribution is 7.98. The minimum absolute atomic E-state index is 0.0225. The van der Waals surface area contributed by atoms with Crippen molar-refractivity contribution in [3.63, 3.8) is 0 Å². The van der Waals surface area contributed by atoms with Gasteiger partial charge in [-0.15, -0.1) is 5.10 Å². The molecule has 3 aromatic rings. The number of nitrogens with one attached hydrogen (secondary N) is 1. The second-order valence-electron chi connectivity index (χ2n) is 7.35. The normalized spacial score (nSPS) is 20.2. The molecule has 1 aliphatic heterocycles. The lowest BCUT2D eigenvalue weighted by Crippen LogP contribution is -2.38. The van der Waals surface area contributed by atoms with E-state index in [9.17, 15) is 13.6 Å². The Kier molecular flexibility index (Phi) is 4.86. The van der Waals surface area contributed by atoms with Crippen LogP contribution in [-0.4, -0.2) is 20.5 Å². The van der Waals surface area contributed by atoms with E-state index in [-0.39, 0.29) is 5.78 Å². The molecule has 5 rings (SSSR count). The standard InChI is InChI=1S/C22H18F2N4OS/c23-15-9-14(10-16(24)11-15)20-19-17(7-4-8-18(19)29)25-21-26-22(27-28(20)21)30-12-13-5-2-1-3-6-13/h1-3,5-7,9-11,19-20H,4,8,12H2,(H,25,26,27)/t19-,20-/m0/s1. The second-order valence-corrected chi connectivity index (χ2v) is 8.29. The van der Waals surface area contributed by atoms with E-state index in [2.05, 4.69) is 15.4 Å². The maximum absolute atomic E-state index is 14.0. The summed E-state index contributed by atoms with van der Waals surface area (Å²) in [7, 11) is 0. The third-order valence-electron chi connectivity index (χ3n) is 5.32. The van der Waals surface area contributed by atoms with Gasteiger partial charge in [0, 0.05) is 23.9 Å². The Bertz CT molecular complexity index is 1130. The number of carbonyl (C=O) groups is 1. The number of hydrogen-bond acceptors (Lipinski definition) is 5. The highest BCUT2D eigenvalue weighted by atomic mass is 32.2. The summed E-state index contributed by atoms with van der Waals surface area (Å²) in [4.78, 5) is 17.3. The lowest BCUT2D eigenvalue weighted by Gasteiger charge is -2.36.